The Morgan fingerprint density at radius 2 is 2.07 bits per heavy atom. The summed E-state index contributed by atoms with van der Waals surface area (Å²) in [6.45, 7) is 8.37. The number of carbonyl (C=O) groups is 1. The fourth-order valence-corrected chi connectivity index (χ4v) is 3.01. The number of aryl methyl sites for hydroxylation is 2. The van der Waals surface area contributed by atoms with Crippen molar-refractivity contribution in [2.45, 2.75) is 19.9 Å². The number of hydrogen-bond donors (Lipinski definition) is 2. The molecule has 1 amide bonds. The topological polar surface area (TPSA) is 84.3 Å². The molecular formula is C19H28N6O2. The zero-order valence-corrected chi connectivity index (χ0v) is 15.9. The number of ether oxygens (including phenoxy) is 1. The highest BCUT2D eigenvalue weighted by atomic mass is 16.5. The van der Waals surface area contributed by atoms with E-state index in [4.69, 9.17) is 4.74 Å². The van der Waals surface area contributed by atoms with Crippen molar-refractivity contribution < 1.29 is 9.53 Å². The van der Waals surface area contributed by atoms with E-state index in [-0.39, 0.29) is 5.91 Å². The van der Waals surface area contributed by atoms with Gasteiger partial charge in [-0.15, -0.1) is 0 Å². The molecule has 2 N–H and O–H groups in total. The molecule has 0 spiro atoms. The molecule has 1 aliphatic heterocycles. The molecular weight excluding hydrogens is 344 g/mol. The van der Waals surface area contributed by atoms with Gasteiger partial charge < -0.3 is 19.9 Å². The van der Waals surface area contributed by atoms with E-state index in [0.717, 1.165) is 58.1 Å². The quantitative estimate of drug-likeness (QED) is 0.643. The van der Waals surface area contributed by atoms with Crippen LogP contribution in [0.25, 0.3) is 0 Å². The van der Waals surface area contributed by atoms with Crippen LogP contribution in [0.2, 0.25) is 0 Å². The minimum absolute atomic E-state index is 0.0899. The van der Waals surface area contributed by atoms with E-state index in [2.05, 4.69) is 25.5 Å². The van der Waals surface area contributed by atoms with E-state index in [1.165, 1.54) is 0 Å². The number of imidazole rings is 1. The maximum atomic E-state index is 12.6. The summed E-state index contributed by atoms with van der Waals surface area (Å²) in [5.41, 5.74) is 1.47. The van der Waals surface area contributed by atoms with Gasteiger partial charge in [0, 0.05) is 57.4 Å². The Morgan fingerprint density at radius 1 is 1.22 bits per heavy atom. The molecule has 8 nitrogen and oxygen atoms in total. The Labute approximate surface area is 159 Å². The molecule has 2 aromatic heterocycles. The second-order valence-corrected chi connectivity index (χ2v) is 6.64. The Balaban J connectivity index is 1.48. The van der Waals surface area contributed by atoms with Crippen LogP contribution in [0.5, 0.6) is 0 Å². The lowest BCUT2D eigenvalue weighted by atomic mass is 10.2. The lowest BCUT2D eigenvalue weighted by Gasteiger charge is -2.26. The molecule has 0 aliphatic carbocycles. The van der Waals surface area contributed by atoms with Crippen LogP contribution in [-0.4, -0.2) is 71.3 Å². The molecule has 146 valence electrons. The molecule has 0 bridgehead atoms. The third kappa shape index (κ3) is 6.04. The molecule has 2 aromatic rings. The molecule has 0 atom stereocenters. The van der Waals surface area contributed by atoms with Gasteiger partial charge in [0.15, 0.2) is 0 Å². The van der Waals surface area contributed by atoms with Gasteiger partial charge in [0.25, 0.3) is 5.91 Å². The van der Waals surface area contributed by atoms with Crippen molar-refractivity contribution in [1.29, 1.82) is 0 Å². The second kappa shape index (κ2) is 10.0. The summed E-state index contributed by atoms with van der Waals surface area (Å²) in [5.74, 6) is 0.553. The van der Waals surface area contributed by atoms with Crippen molar-refractivity contribution in [3.8, 4) is 0 Å². The van der Waals surface area contributed by atoms with Crippen molar-refractivity contribution in [1.82, 2.24) is 24.8 Å². The molecule has 3 rings (SSSR count). The number of hydrogen-bond acceptors (Lipinski definition) is 6. The predicted molar refractivity (Wildman–Crippen MR) is 104 cm³/mol. The molecule has 1 saturated heterocycles. The molecule has 1 fully saturated rings. The van der Waals surface area contributed by atoms with E-state index in [1.54, 1.807) is 12.5 Å². The molecule has 8 heteroatoms. The summed E-state index contributed by atoms with van der Waals surface area (Å²) in [7, 11) is 0. The lowest BCUT2D eigenvalue weighted by Crippen LogP contribution is -2.41. The van der Waals surface area contributed by atoms with E-state index in [9.17, 15) is 4.79 Å². The number of pyridine rings is 1. The van der Waals surface area contributed by atoms with Crippen LogP contribution in [0.1, 0.15) is 22.5 Å². The largest absolute Gasteiger partial charge is 0.379 e. The van der Waals surface area contributed by atoms with Crippen LogP contribution in [0, 0.1) is 6.92 Å². The summed E-state index contributed by atoms with van der Waals surface area (Å²) in [4.78, 5) is 23.4. The number of amides is 1. The van der Waals surface area contributed by atoms with Crippen LogP contribution >= 0.6 is 0 Å². The smallest absolute Gasteiger partial charge is 0.255 e. The number of nitrogens with zero attached hydrogens (tertiary/aromatic N) is 4. The number of anilines is 1. The van der Waals surface area contributed by atoms with Crippen molar-refractivity contribution in [3.63, 3.8) is 0 Å². The Hall–Kier alpha value is -2.45. The highest BCUT2D eigenvalue weighted by molar-refractivity contribution is 5.98. The number of rotatable bonds is 9. The molecule has 0 radical (unpaired) electrons. The summed E-state index contributed by atoms with van der Waals surface area (Å²) in [6.07, 6.45) is 6.44. The minimum atomic E-state index is -0.0899. The number of aromatic nitrogens is 3. The second-order valence-electron chi connectivity index (χ2n) is 6.64. The van der Waals surface area contributed by atoms with Crippen LogP contribution in [0.4, 0.5) is 5.82 Å². The maximum Gasteiger partial charge on any atom is 0.255 e. The average molecular weight is 372 g/mol. The lowest BCUT2D eigenvalue weighted by molar-refractivity contribution is 0.0383. The predicted octanol–water partition coefficient (Wildman–Crippen LogP) is 1.15. The molecule has 1 aliphatic rings. The van der Waals surface area contributed by atoms with Gasteiger partial charge in [-0.3, -0.25) is 9.69 Å². The van der Waals surface area contributed by atoms with Gasteiger partial charge in [0.05, 0.1) is 25.1 Å². The first-order valence-corrected chi connectivity index (χ1v) is 9.48. The third-order valence-corrected chi connectivity index (χ3v) is 4.54. The highest BCUT2D eigenvalue weighted by Gasteiger charge is 2.14. The van der Waals surface area contributed by atoms with Crippen molar-refractivity contribution in [3.05, 3.63) is 42.1 Å². The van der Waals surface area contributed by atoms with Gasteiger partial charge in [-0.05, 0) is 25.5 Å². The van der Waals surface area contributed by atoms with Crippen molar-refractivity contribution >= 4 is 11.7 Å². The molecule has 0 unspecified atom stereocenters. The zero-order chi connectivity index (χ0) is 18.9. The Kier molecular flexibility index (Phi) is 7.18. The summed E-state index contributed by atoms with van der Waals surface area (Å²) in [5, 5.41) is 6.31. The molecule has 0 aromatic carbocycles. The molecule has 0 saturated carbocycles. The zero-order valence-electron chi connectivity index (χ0n) is 15.9. The first kappa shape index (κ1) is 19.3. The van der Waals surface area contributed by atoms with Gasteiger partial charge in [-0.2, -0.15) is 0 Å². The van der Waals surface area contributed by atoms with Gasteiger partial charge in [0.1, 0.15) is 5.82 Å². The van der Waals surface area contributed by atoms with Crippen molar-refractivity contribution in [2.24, 2.45) is 0 Å². The Morgan fingerprint density at radius 3 is 2.85 bits per heavy atom. The minimum Gasteiger partial charge on any atom is -0.379 e. The standard InChI is InChI=1S/C19H28N6O2/c1-16-3-4-17(19(26)22-7-10-24-11-13-27-14-12-24)18(23-16)21-5-2-8-25-9-6-20-15-25/h3-4,6,9,15H,2,5,7-8,10-14H2,1H3,(H,21,23)(H,22,26). The first-order chi connectivity index (χ1) is 13.2. The highest BCUT2D eigenvalue weighted by Crippen LogP contribution is 2.13. The number of nitrogens with one attached hydrogen (secondary N) is 2. The monoisotopic (exact) mass is 372 g/mol. The van der Waals surface area contributed by atoms with E-state index in [1.807, 2.05) is 29.8 Å². The van der Waals surface area contributed by atoms with Crippen LogP contribution in [-0.2, 0) is 11.3 Å². The van der Waals surface area contributed by atoms with Gasteiger partial charge >= 0.3 is 0 Å². The third-order valence-electron chi connectivity index (χ3n) is 4.54. The van der Waals surface area contributed by atoms with E-state index < -0.39 is 0 Å². The average Bonchev–Trinajstić information content (AvgIpc) is 3.19. The van der Waals surface area contributed by atoms with Crippen LogP contribution < -0.4 is 10.6 Å². The van der Waals surface area contributed by atoms with Crippen LogP contribution in [0.3, 0.4) is 0 Å². The van der Waals surface area contributed by atoms with Crippen molar-refractivity contribution in [2.75, 3.05) is 51.3 Å². The van der Waals surface area contributed by atoms with Gasteiger partial charge in [-0.25, -0.2) is 9.97 Å². The fourth-order valence-electron chi connectivity index (χ4n) is 3.01. The maximum absolute atomic E-state index is 12.6. The first-order valence-electron chi connectivity index (χ1n) is 9.48. The number of carbonyl (C=O) groups excluding carboxylic acids is 1. The summed E-state index contributed by atoms with van der Waals surface area (Å²) >= 11 is 0. The van der Waals surface area contributed by atoms with E-state index >= 15 is 0 Å². The SMILES string of the molecule is Cc1ccc(C(=O)NCCN2CCOCC2)c(NCCCn2ccnc2)n1. The summed E-state index contributed by atoms with van der Waals surface area (Å²) in [6, 6.07) is 3.71. The number of morpholine rings is 1. The normalized spacial score (nSPS) is 14.9. The van der Waals surface area contributed by atoms with E-state index in [0.29, 0.717) is 17.9 Å². The van der Waals surface area contributed by atoms with Gasteiger partial charge in [0.2, 0.25) is 0 Å². The molecule has 27 heavy (non-hydrogen) atoms. The molecule has 3 heterocycles. The van der Waals surface area contributed by atoms with Gasteiger partial charge in [-0.1, -0.05) is 0 Å². The van der Waals surface area contributed by atoms with Crippen LogP contribution in [0.15, 0.2) is 30.9 Å². The Bertz CT molecular complexity index is 713. The fraction of sp³-hybridized carbons (Fsp3) is 0.526. The summed E-state index contributed by atoms with van der Waals surface area (Å²) < 4.78 is 7.38.